The van der Waals surface area contributed by atoms with Crippen molar-refractivity contribution >= 4 is 0 Å². The van der Waals surface area contributed by atoms with Crippen molar-refractivity contribution < 1.29 is 9.26 Å². The lowest BCUT2D eigenvalue weighted by Gasteiger charge is -2.33. The number of rotatable bonds is 2. The molecule has 4 rings (SSSR count). The maximum absolute atomic E-state index is 5.90. The van der Waals surface area contributed by atoms with Gasteiger partial charge in [-0.3, -0.25) is 4.90 Å². The molecule has 2 atom stereocenters. The van der Waals surface area contributed by atoms with E-state index in [2.05, 4.69) is 15.0 Å². The summed E-state index contributed by atoms with van der Waals surface area (Å²) in [6.45, 7) is 2.93. The molecule has 0 radical (unpaired) electrons. The lowest BCUT2D eigenvalue weighted by atomic mass is 9.85. The Morgan fingerprint density at radius 2 is 2.11 bits per heavy atom. The van der Waals surface area contributed by atoms with Crippen LogP contribution in [0.3, 0.4) is 0 Å². The molecule has 0 unspecified atom stereocenters. The summed E-state index contributed by atoms with van der Waals surface area (Å²) in [5.74, 6) is 2.08. The predicted octanol–water partition coefficient (Wildman–Crippen LogP) is 1.87. The number of hydrogen-bond donors (Lipinski definition) is 0. The van der Waals surface area contributed by atoms with Crippen LogP contribution < -0.4 is 0 Å². The molecule has 3 fully saturated rings. The van der Waals surface area contributed by atoms with E-state index in [4.69, 9.17) is 9.26 Å². The molecule has 5 nitrogen and oxygen atoms in total. The number of nitrogens with zero attached hydrogens (tertiary/aromatic N) is 3. The Labute approximate surface area is 106 Å². The zero-order valence-corrected chi connectivity index (χ0v) is 10.5. The van der Waals surface area contributed by atoms with Crippen molar-refractivity contribution in [2.75, 3.05) is 19.7 Å². The van der Waals surface area contributed by atoms with Crippen LogP contribution in [0.5, 0.6) is 0 Å². The van der Waals surface area contributed by atoms with Gasteiger partial charge in [0.05, 0.1) is 6.61 Å². The average molecular weight is 249 g/mol. The van der Waals surface area contributed by atoms with Gasteiger partial charge in [0, 0.05) is 18.5 Å². The van der Waals surface area contributed by atoms with Gasteiger partial charge in [0.2, 0.25) is 11.7 Å². The Hall–Kier alpha value is -0.940. The summed E-state index contributed by atoms with van der Waals surface area (Å²) >= 11 is 0. The van der Waals surface area contributed by atoms with Gasteiger partial charge >= 0.3 is 0 Å². The summed E-state index contributed by atoms with van der Waals surface area (Å²) < 4.78 is 11.3. The fourth-order valence-electron chi connectivity index (χ4n) is 3.17. The van der Waals surface area contributed by atoms with E-state index in [0.29, 0.717) is 12.0 Å². The standard InChI is InChI=1S/C13H19N3O2/c1-3-9(4-1)13-14-12(15-18-13)11-7-16-6-2-5-10(16)8-17-11/h9-11H,1-8H2/t10-,11-/m0/s1. The number of hydrogen-bond acceptors (Lipinski definition) is 5. The van der Waals surface area contributed by atoms with E-state index in [9.17, 15) is 0 Å². The summed E-state index contributed by atoms with van der Waals surface area (Å²) in [4.78, 5) is 7.05. The molecule has 3 heterocycles. The molecule has 0 aromatic carbocycles. The van der Waals surface area contributed by atoms with Gasteiger partial charge in [0.15, 0.2) is 0 Å². The van der Waals surface area contributed by atoms with Gasteiger partial charge in [0.1, 0.15) is 6.10 Å². The van der Waals surface area contributed by atoms with E-state index in [-0.39, 0.29) is 6.10 Å². The molecular weight excluding hydrogens is 230 g/mol. The first-order valence-corrected chi connectivity index (χ1v) is 7.09. The zero-order valence-electron chi connectivity index (χ0n) is 10.5. The van der Waals surface area contributed by atoms with E-state index in [0.717, 1.165) is 24.9 Å². The Morgan fingerprint density at radius 3 is 2.94 bits per heavy atom. The molecule has 0 spiro atoms. The van der Waals surface area contributed by atoms with Crippen LogP contribution >= 0.6 is 0 Å². The first-order chi connectivity index (χ1) is 8.90. The first kappa shape index (κ1) is 10.9. The van der Waals surface area contributed by atoms with Gasteiger partial charge in [-0.05, 0) is 32.2 Å². The highest BCUT2D eigenvalue weighted by atomic mass is 16.5. The Morgan fingerprint density at radius 1 is 1.17 bits per heavy atom. The smallest absolute Gasteiger partial charge is 0.229 e. The first-order valence-electron chi connectivity index (χ1n) is 7.09. The van der Waals surface area contributed by atoms with Crippen LogP contribution in [0.1, 0.15) is 55.8 Å². The molecular formula is C13H19N3O2. The molecule has 1 aromatic heterocycles. The largest absolute Gasteiger partial charge is 0.367 e. The molecule has 98 valence electrons. The quantitative estimate of drug-likeness (QED) is 0.801. The van der Waals surface area contributed by atoms with E-state index in [1.165, 1.54) is 38.6 Å². The summed E-state index contributed by atoms with van der Waals surface area (Å²) in [6, 6.07) is 0.624. The maximum Gasteiger partial charge on any atom is 0.229 e. The molecule has 0 N–H and O–H groups in total. The van der Waals surface area contributed by atoms with Crippen molar-refractivity contribution in [2.24, 2.45) is 0 Å². The fourth-order valence-corrected chi connectivity index (χ4v) is 3.17. The minimum Gasteiger partial charge on any atom is -0.367 e. The highest BCUT2D eigenvalue weighted by Gasteiger charge is 2.35. The van der Waals surface area contributed by atoms with Gasteiger partial charge in [-0.25, -0.2) is 0 Å². The molecule has 1 aliphatic carbocycles. The molecule has 2 saturated heterocycles. The maximum atomic E-state index is 5.90. The van der Waals surface area contributed by atoms with E-state index >= 15 is 0 Å². The minimum absolute atomic E-state index is 0.0110. The fraction of sp³-hybridized carbons (Fsp3) is 0.846. The van der Waals surface area contributed by atoms with Gasteiger partial charge in [-0.2, -0.15) is 4.98 Å². The van der Waals surface area contributed by atoms with Crippen LogP contribution in [0.2, 0.25) is 0 Å². The monoisotopic (exact) mass is 249 g/mol. The van der Waals surface area contributed by atoms with Crippen LogP contribution in [0, 0.1) is 0 Å². The number of morpholine rings is 1. The zero-order chi connectivity index (χ0) is 11.9. The van der Waals surface area contributed by atoms with Crippen molar-refractivity contribution in [2.45, 2.75) is 50.2 Å². The summed E-state index contributed by atoms with van der Waals surface area (Å²) in [5.41, 5.74) is 0. The van der Waals surface area contributed by atoms with Gasteiger partial charge in [-0.15, -0.1) is 0 Å². The van der Waals surface area contributed by atoms with Crippen molar-refractivity contribution in [1.29, 1.82) is 0 Å². The van der Waals surface area contributed by atoms with Crippen molar-refractivity contribution in [3.63, 3.8) is 0 Å². The second-order valence-corrected chi connectivity index (χ2v) is 5.73. The number of aromatic nitrogens is 2. The number of fused-ring (bicyclic) bond motifs is 1. The summed E-state index contributed by atoms with van der Waals surface area (Å²) in [5, 5.41) is 4.12. The highest BCUT2D eigenvalue weighted by molar-refractivity contribution is 5.02. The second-order valence-electron chi connectivity index (χ2n) is 5.73. The normalized spacial score (nSPS) is 33.3. The molecule has 1 saturated carbocycles. The van der Waals surface area contributed by atoms with Gasteiger partial charge < -0.3 is 9.26 Å². The number of ether oxygens (including phenoxy) is 1. The molecule has 1 aromatic rings. The van der Waals surface area contributed by atoms with E-state index < -0.39 is 0 Å². The van der Waals surface area contributed by atoms with Crippen LogP contribution in [0.15, 0.2) is 4.52 Å². The van der Waals surface area contributed by atoms with Crippen LogP contribution in [-0.2, 0) is 4.74 Å². The Kier molecular flexibility index (Phi) is 2.62. The highest BCUT2D eigenvalue weighted by Crippen LogP contribution is 2.36. The lowest BCUT2D eigenvalue weighted by Crippen LogP contribution is -2.42. The van der Waals surface area contributed by atoms with Crippen LogP contribution in [0.4, 0.5) is 0 Å². The minimum atomic E-state index is 0.0110. The van der Waals surface area contributed by atoms with E-state index in [1.54, 1.807) is 0 Å². The third-order valence-electron chi connectivity index (χ3n) is 4.59. The predicted molar refractivity (Wildman–Crippen MR) is 64.2 cm³/mol. The van der Waals surface area contributed by atoms with Crippen molar-refractivity contribution in [1.82, 2.24) is 15.0 Å². The Bertz CT molecular complexity index is 430. The molecule has 0 bridgehead atoms. The molecule has 0 amide bonds. The van der Waals surface area contributed by atoms with Crippen molar-refractivity contribution in [3.8, 4) is 0 Å². The van der Waals surface area contributed by atoms with Crippen molar-refractivity contribution in [3.05, 3.63) is 11.7 Å². The SMILES string of the molecule is C1CC(c2nc([C@@H]3CN4CCC[C@H]4CO3)no2)C1. The van der Waals surface area contributed by atoms with Crippen LogP contribution in [-0.4, -0.2) is 40.8 Å². The molecule has 18 heavy (non-hydrogen) atoms. The summed E-state index contributed by atoms with van der Waals surface area (Å²) in [6.07, 6.45) is 6.25. The lowest BCUT2D eigenvalue weighted by molar-refractivity contribution is -0.0548. The molecule has 5 heteroatoms. The third-order valence-corrected chi connectivity index (χ3v) is 4.59. The van der Waals surface area contributed by atoms with Gasteiger partial charge in [0.25, 0.3) is 0 Å². The topological polar surface area (TPSA) is 51.4 Å². The average Bonchev–Trinajstić information content (AvgIpc) is 2.93. The third kappa shape index (κ3) is 1.77. The van der Waals surface area contributed by atoms with E-state index in [1.807, 2.05) is 0 Å². The van der Waals surface area contributed by atoms with Crippen LogP contribution in [0.25, 0.3) is 0 Å². The molecule has 2 aliphatic heterocycles. The second kappa shape index (κ2) is 4.31. The molecule has 3 aliphatic rings. The summed E-state index contributed by atoms with van der Waals surface area (Å²) in [7, 11) is 0. The van der Waals surface area contributed by atoms with Gasteiger partial charge in [-0.1, -0.05) is 11.6 Å². The Balaban J connectivity index is 1.47.